The first kappa shape index (κ1) is 16.7. The maximum atomic E-state index is 5.41. The van der Waals surface area contributed by atoms with Crippen LogP contribution in [0.5, 0.6) is 0 Å². The van der Waals surface area contributed by atoms with Crippen LogP contribution in [0, 0.1) is 6.92 Å². The van der Waals surface area contributed by atoms with Crippen molar-refractivity contribution in [2.24, 2.45) is 0 Å². The summed E-state index contributed by atoms with van der Waals surface area (Å²) in [7, 11) is 0. The summed E-state index contributed by atoms with van der Waals surface area (Å²) in [5, 5.41) is 10.8. The molecule has 1 aromatic carbocycles. The molecule has 26 heavy (non-hydrogen) atoms. The van der Waals surface area contributed by atoms with Crippen LogP contribution in [0.2, 0.25) is 0 Å². The highest BCUT2D eigenvalue weighted by atomic mass is 32.1. The molecule has 5 nitrogen and oxygen atoms in total. The number of rotatable bonds is 5. The van der Waals surface area contributed by atoms with E-state index in [4.69, 9.17) is 9.51 Å². The van der Waals surface area contributed by atoms with Gasteiger partial charge >= 0.3 is 0 Å². The predicted molar refractivity (Wildman–Crippen MR) is 106 cm³/mol. The molecule has 0 saturated heterocycles. The Kier molecular flexibility index (Phi) is 4.42. The second-order valence-electron chi connectivity index (χ2n) is 6.58. The number of anilines is 1. The molecule has 0 radical (unpaired) electrons. The smallest absolute Gasteiger partial charge is 0.229 e. The number of thiophene rings is 1. The Bertz CT molecular complexity index is 1040. The summed E-state index contributed by atoms with van der Waals surface area (Å²) in [4.78, 5) is 10.7. The van der Waals surface area contributed by atoms with Gasteiger partial charge in [0.15, 0.2) is 0 Å². The molecule has 0 aliphatic carbocycles. The molecule has 6 heteroatoms. The Morgan fingerprint density at radius 3 is 2.77 bits per heavy atom. The van der Waals surface area contributed by atoms with E-state index in [-0.39, 0.29) is 5.92 Å². The molecule has 0 saturated carbocycles. The molecule has 0 fully saturated rings. The van der Waals surface area contributed by atoms with Crippen LogP contribution in [0.3, 0.4) is 0 Å². The van der Waals surface area contributed by atoms with Crippen molar-refractivity contribution < 1.29 is 4.52 Å². The van der Waals surface area contributed by atoms with E-state index in [1.807, 2.05) is 19.9 Å². The third-order valence-electron chi connectivity index (χ3n) is 4.23. The number of aromatic nitrogens is 3. The highest BCUT2D eigenvalue weighted by molar-refractivity contribution is 7.09. The molecule has 4 aromatic rings. The fourth-order valence-electron chi connectivity index (χ4n) is 2.82. The largest absolute Gasteiger partial charge is 0.365 e. The second kappa shape index (κ2) is 6.88. The minimum Gasteiger partial charge on any atom is -0.365 e. The Balaban J connectivity index is 1.80. The second-order valence-corrected chi connectivity index (χ2v) is 7.61. The van der Waals surface area contributed by atoms with Gasteiger partial charge in [0.25, 0.3) is 0 Å². The average Bonchev–Trinajstić information content (AvgIpc) is 3.31. The van der Waals surface area contributed by atoms with Crippen molar-refractivity contribution in [3.63, 3.8) is 0 Å². The van der Waals surface area contributed by atoms with Crippen LogP contribution >= 0.6 is 11.3 Å². The maximum Gasteiger partial charge on any atom is 0.229 e. The van der Waals surface area contributed by atoms with E-state index >= 15 is 0 Å². The number of benzene rings is 1. The van der Waals surface area contributed by atoms with Gasteiger partial charge in [-0.3, -0.25) is 0 Å². The summed E-state index contributed by atoms with van der Waals surface area (Å²) >= 11 is 1.72. The highest BCUT2D eigenvalue weighted by Crippen LogP contribution is 2.31. The molecule has 1 N–H and O–H groups in total. The van der Waals surface area contributed by atoms with Gasteiger partial charge in [-0.1, -0.05) is 43.3 Å². The molecule has 0 amide bonds. The van der Waals surface area contributed by atoms with Gasteiger partial charge in [-0.25, -0.2) is 4.98 Å². The molecular formula is C20H20N4OS. The topological polar surface area (TPSA) is 63.8 Å². The zero-order chi connectivity index (χ0) is 18.1. The summed E-state index contributed by atoms with van der Waals surface area (Å²) in [6.07, 6.45) is 0. The maximum absolute atomic E-state index is 5.41. The van der Waals surface area contributed by atoms with Crippen molar-refractivity contribution in [1.82, 2.24) is 15.1 Å². The molecule has 0 bridgehead atoms. The summed E-state index contributed by atoms with van der Waals surface area (Å²) in [6.45, 7) is 6.86. The number of hydrogen-bond donors (Lipinski definition) is 1. The summed E-state index contributed by atoms with van der Waals surface area (Å²) in [6, 6.07) is 12.4. The third-order valence-corrected chi connectivity index (χ3v) is 5.11. The SMILES string of the molecule is Cc1cccc2cc(-c3noc(C(C)C)n3)c(NCc3cccs3)nc12. The molecule has 0 aliphatic heterocycles. The highest BCUT2D eigenvalue weighted by Gasteiger charge is 2.17. The first-order valence-electron chi connectivity index (χ1n) is 8.62. The third kappa shape index (κ3) is 3.20. The molecule has 0 unspecified atom stereocenters. The number of para-hydroxylation sites is 1. The van der Waals surface area contributed by atoms with Crippen LogP contribution in [0.15, 0.2) is 46.3 Å². The van der Waals surface area contributed by atoms with Gasteiger partial charge in [0, 0.05) is 16.2 Å². The Hall–Kier alpha value is -2.73. The van der Waals surface area contributed by atoms with Crippen molar-refractivity contribution in [2.75, 3.05) is 5.32 Å². The van der Waals surface area contributed by atoms with Gasteiger partial charge in [-0.05, 0) is 30.0 Å². The van der Waals surface area contributed by atoms with Gasteiger partial charge < -0.3 is 9.84 Å². The fraction of sp³-hybridized carbons (Fsp3) is 0.250. The number of nitrogens with zero attached hydrogens (tertiary/aromatic N) is 3. The first-order chi connectivity index (χ1) is 12.6. The fourth-order valence-corrected chi connectivity index (χ4v) is 3.46. The van der Waals surface area contributed by atoms with Gasteiger partial charge in [0.2, 0.25) is 11.7 Å². The van der Waals surface area contributed by atoms with Gasteiger partial charge in [0.05, 0.1) is 17.6 Å². The summed E-state index contributed by atoms with van der Waals surface area (Å²) in [5.74, 6) is 2.16. The van der Waals surface area contributed by atoms with Crippen molar-refractivity contribution >= 4 is 28.1 Å². The van der Waals surface area contributed by atoms with E-state index in [1.54, 1.807) is 11.3 Å². The minimum atomic E-state index is 0.189. The van der Waals surface area contributed by atoms with E-state index in [0.29, 0.717) is 18.3 Å². The van der Waals surface area contributed by atoms with E-state index in [9.17, 15) is 0 Å². The normalized spacial score (nSPS) is 11.4. The number of pyridine rings is 1. The van der Waals surface area contributed by atoms with E-state index in [1.165, 1.54) is 4.88 Å². The van der Waals surface area contributed by atoms with Crippen molar-refractivity contribution in [2.45, 2.75) is 33.2 Å². The summed E-state index contributed by atoms with van der Waals surface area (Å²) in [5.41, 5.74) is 2.98. The number of nitrogens with one attached hydrogen (secondary N) is 1. The van der Waals surface area contributed by atoms with Crippen molar-refractivity contribution in [3.05, 3.63) is 58.1 Å². The first-order valence-corrected chi connectivity index (χ1v) is 9.50. The van der Waals surface area contributed by atoms with Gasteiger partial charge in [0.1, 0.15) is 5.82 Å². The lowest BCUT2D eigenvalue weighted by Crippen LogP contribution is -2.03. The lowest BCUT2D eigenvalue weighted by atomic mass is 10.1. The summed E-state index contributed by atoms with van der Waals surface area (Å²) < 4.78 is 5.41. The monoisotopic (exact) mass is 364 g/mol. The molecule has 3 aromatic heterocycles. The van der Waals surface area contributed by atoms with Crippen LogP contribution in [0.25, 0.3) is 22.3 Å². The van der Waals surface area contributed by atoms with Crippen LogP contribution in [0.4, 0.5) is 5.82 Å². The lowest BCUT2D eigenvalue weighted by molar-refractivity contribution is 0.365. The Morgan fingerprint density at radius 1 is 1.15 bits per heavy atom. The number of fused-ring (bicyclic) bond motifs is 1. The molecular weight excluding hydrogens is 344 g/mol. The minimum absolute atomic E-state index is 0.189. The number of aryl methyl sites for hydroxylation is 1. The van der Waals surface area contributed by atoms with Gasteiger partial charge in [-0.2, -0.15) is 4.98 Å². The average molecular weight is 364 g/mol. The Labute approximate surface area is 156 Å². The van der Waals surface area contributed by atoms with Crippen LogP contribution in [0.1, 0.15) is 36.1 Å². The quantitative estimate of drug-likeness (QED) is 0.514. The number of hydrogen-bond acceptors (Lipinski definition) is 6. The van der Waals surface area contributed by atoms with Crippen LogP contribution in [-0.2, 0) is 6.54 Å². The standard InChI is InChI=1S/C20H20N4OS/c1-12(2)20-23-19(24-25-20)16-10-14-7-4-6-13(3)17(14)22-18(16)21-11-15-8-5-9-26-15/h4-10,12H,11H2,1-3H3,(H,21,22). The van der Waals surface area contributed by atoms with E-state index in [2.05, 4.69) is 58.1 Å². The molecule has 132 valence electrons. The molecule has 0 atom stereocenters. The zero-order valence-electron chi connectivity index (χ0n) is 15.0. The van der Waals surface area contributed by atoms with Crippen molar-refractivity contribution in [3.8, 4) is 11.4 Å². The Morgan fingerprint density at radius 2 is 2.04 bits per heavy atom. The van der Waals surface area contributed by atoms with E-state index < -0.39 is 0 Å². The molecule has 0 spiro atoms. The van der Waals surface area contributed by atoms with Crippen LogP contribution < -0.4 is 5.32 Å². The van der Waals surface area contributed by atoms with E-state index in [0.717, 1.165) is 27.8 Å². The molecule has 4 rings (SSSR count). The molecule has 3 heterocycles. The van der Waals surface area contributed by atoms with Crippen molar-refractivity contribution in [1.29, 1.82) is 0 Å². The molecule has 0 aliphatic rings. The zero-order valence-corrected chi connectivity index (χ0v) is 15.8. The predicted octanol–water partition coefficient (Wildman–Crippen LogP) is 5.39. The van der Waals surface area contributed by atoms with Gasteiger partial charge in [-0.15, -0.1) is 11.3 Å². The van der Waals surface area contributed by atoms with Crippen LogP contribution in [-0.4, -0.2) is 15.1 Å². The lowest BCUT2D eigenvalue weighted by Gasteiger charge is -2.11.